The average molecular weight is 1030 g/mol. The molecule has 0 aliphatic rings. The highest BCUT2D eigenvalue weighted by Crippen LogP contribution is 2.18. The number of aliphatic hydroxyl groups is 2. The SMILES string of the molecule is CCCCCCC/C=C\C/C=C\C/C=C\CCCCCCCCCCCCCCCCCCC(=O)NC(CO)C(O)/C=C/CC/C=C/CCCCCCCCCCCCCCCCCCCCCCCCCCC. The number of carbonyl (C=O) groups excluding carboxylic acids is 1. The first kappa shape index (κ1) is 72.1. The summed E-state index contributed by atoms with van der Waals surface area (Å²) in [5.74, 6) is -0.0698. The fraction of sp³-hybridized carbons (Fsp3) is 0.843. The van der Waals surface area contributed by atoms with Gasteiger partial charge in [-0.2, -0.15) is 0 Å². The summed E-state index contributed by atoms with van der Waals surface area (Å²) in [5, 5.41) is 23.3. The van der Waals surface area contributed by atoms with Crippen molar-refractivity contribution in [2.75, 3.05) is 6.61 Å². The van der Waals surface area contributed by atoms with Crippen LogP contribution in [0.1, 0.15) is 361 Å². The summed E-state index contributed by atoms with van der Waals surface area (Å²) in [5.41, 5.74) is 0. The van der Waals surface area contributed by atoms with Crippen molar-refractivity contribution >= 4 is 5.91 Å². The Morgan fingerprint density at radius 3 is 0.878 bits per heavy atom. The molecule has 2 atom stereocenters. The van der Waals surface area contributed by atoms with Crippen molar-refractivity contribution in [2.45, 2.75) is 373 Å². The lowest BCUT2D eigenvalue weighted by atomic mass is 10.0. The van der Waals surface area contributed by atoms with E-state index in [0.29, 0.717) is 6.42 Å². The number of unbranched alkanes of at least 4 members (excludes halogenated alkanes) is 47. The molecule has 0 aromatic heterocycles. The van der Waals surface area contributed by atoms with Gasteiger partial charge in [-0.05, 0) is 70.6 Å². The third-order valence-corrected chi connectivity index (χ3v) is 15.5. The maximum Gasteiger partial charge on any atom is 0.220 e. The molecule has 0 saturated heterocycles. The Morgan fingerprint density at radius 2 is 0.568 bits per heavy atom. The molecule has 2 unspecified atom stereocenters. The Kier molecular flexibility index (Phi) is 63.7. The lowest BCUT2D eigenvalue weighted by molar-refractivity contribution is -0.123. The molecule has 0 bridgehead atoms. The molecule has 0 aliphatic heterocycles. The average Bonchev–Trinajstić information content (AvgIpc) is 3.40. The molecule has 3 N–H and O–H groups in total. The van der Waals surface area contributed by atoms with Crippen molar-refractivity contribution in [3.05, 3.63) is 60.8 Å². The smallest absolute Gasteiger partial charge is 0.220 e. The second-order valence-corrected chi connectivity index (χ2v) is 22.9. The van der Waals surface area contributed by atoms with Crippen LogP contribution < -0.4 is 5.32 Å². The van der Waals surface area contributed by atoms with Crippen LogP contribution in [0.4, 0.5) is 0 Å². The molecule has 0 aromatic carbocycles. The predicted molar refractivity (Wildman–Crippen MR) is 331 cm³/mol. The molecule has 434 valence electrons. The first-order chi connectivity index (χ1) is 36.7. The van der Waals surface area contributed by atoms with E-state index in [0.717, 1.165) is 44.9 Å². The fourth-order valence-electron chi connectivity index (χ4n) is 10.4. The lowest BCUT2D eigenvalue weighted by Crippen LogP contribution is -2.45. The van der Waals surface area contributed by atoms with Crippen molar-refractivity contribution in [1.82, 2.24) is 5.32 Å². The summed E-state index contributed by atoms with van der Waals surface area (Å²) >= 11 is 0. The molecule has 74 heavy (non-hydrogen) atoms. The van der Waals surface area contributed by atoms with Crippen molar-refractivity contribution in [2.24, 2.45) is 0 Å². The minimum Gasteiger partial charge on any atom is -0.394 e. The number of hydrogen-bond donors (Lipinski definition) is 3. The first-order valence-electron chi connectivity index (χ1n) is 33.5. The van der Waals surface area contributed by atoms with Crippen molar-refractivity contribution in [3.8, 4) is 0 Å². The van der Waals surface area contributed by atoms with Gasteiger partial charge in [0, 0.05) is 6.42 Å². The Morgan fingerprint density at radius 1 is 0.324 bits per heavy atom. The number of allylic oxidation sites excluding steroid dienone is 9. The minimum absolute atomic E-state index is 0.0698. The first-order valence-corrected chi connectivity index (χ1v) is 33.5. The predicted octanol–water partition coefficient (Wildman–Crippen LogP) is 22.7. The molecule has 0 aromatic rings. The molecule has 1 amide bonds. The highest BCUT2D eigenvalue weighted by molar-refractivity contribution is 5.76. The molecule has 4 nitrogen and oxygen atoms in total. The Balaban J connectivity index is 3.48. The van der Waals surface area contributed by atoms with Crippen LogP contribution in [0, 0.1) is 0 Å². The minimum atomic E-state index is -0.866. The van der Waals surface area contributed by atoms with Crippen molar-refractivity contribution in [1.29, 1.82) is 0 Å². The second kappa shape index (κ2) is 65.4. The molecule has 0 aliphatic carbocycles. The van der Waals surface area contributed by atoms with Gasteiger partial charge in [0.1, 0.15) is 0 Å². The van der Waals surface area contributed by atoms with E-state index in [1.807, 2.05) is 6.08 Å². The number of hydrogen-bond acceptors (Lipinski definition) is 3. The van der Waals surface area contributed by atoms with E-state index in [9.17, 15) is 15.0 Å². The third-order valence-electron chi connectivity index (χ3n) is 15.5. The van der Waals surface area contributed by atoms with Gasteiger partial charge in [-0.1, -0.05) is 344 Å². The van der Waals surface area contributed by atoms with Gasteiger partial charge < -0.3 is 15.5 Å². The van der Waals surface area contributed by atoms with Crippen molar-refractivity contribution in [3.63, 3.8) is 0 Å². The van der Waals surface area contributed by atoms with E-state index < -0.39 is 12.1 Å². The molecule has 0 radical (unpaired) electrons. The highest BCUT2D eigenvalue weighted by Gasteiger charge is 2.18. The molecule has 0 heterocycles. The quantitative estimate of drug-likeness (QED) is 0.0420. The Hall–Kier alpha value is -1.91. The second-order valence-electron chi connectivity index (χ2n) is 22.9. The molecule has 0 spiro atoms. The van der Waals surface area contributed by atoms with E-state index in [-0.39, 0.29) is 12.5 Å². The van der Waals surface area contributed by atoms with Crippen LogP contribution in [0.25, 0.3) is 0 Å². The summed E-state index contributed by atoms with van der Waals surface area (Å²) in [4.78, 5) is 12.5. The van der Waals surface area contributed by atoms with Crippen LogP contribution >= 0.6 is 0 Å². The Labute approximate surface area is 464 Å². The van der Waals surface area contributed by atoms with Crippen LogP contribution in [-0.4, -0.2) is 34.9 Å². The molecular formula is C70H131NO3. The van der Waals surface area contributed by atoms with Gasteiger partial charge in [0.05, 0.1) is 18.8 Å². The fourth-order valence-corrected chi connectivity index (χ4v) is 10.4. The maximum absolute atomic E-state index is 12.5. The van der Waals surface area contributed by atoms with Gasteiger partial charge in [-0.25, -0.2) is 0 Å². The maximum atomic E-state index is 12.5. The third kappa shape index (κ3) is 60.9. The number of rotatable bonds is 62. The van der Waals surface area contributed by atoms with Crippen LogP contribution in [0.2, 0.25) is 0 Å². The van der Waals surface area contributed by atoms with Gasteiger partial charge in [-0.15, -0.1) is 0 Å². The zero-order chi connectivity index (χ0) is 53.4. The van der Waals surface area contributed by atoms with E-state index in [4.69, 9.17) is 0 Å². The van der Waals surface area contributed by atoms with Crippen molar-refractivity contribution < 1.29 is 15.0 Å². The molecular weight excluding hydrogens is 903 g/mol. The summed E-state index contributed by atoms with van der Waals surface area (Å²) in [6.07, 6.45) is 93.0. The van der Waals surface area contributed by atoms with E-state index >= 15 is 0 Å². The number of amides is 1. The number of nitrogens with one attached hydrogen (secondary N) is 1. The van der Waals surface area contributed by atoms with E-state index in [1.165, 1.54) is 295 Å². The summed E-state index contributed by atoms with van der Waals surface area (Å²) in [6, 6.07) is -0.642. The van der Waals surface area contributed by atoms with Crippen LogP contribution in [0.5, 0.6) is 0 Å². The van der Waals surface area contributed by atoms with Crippen LogP contribution in [-0.2, 0) is 4.79 Å². The largest absolute Gasteiger partial charge is 0.394 e. The highest BCUT2D eigenvalue weighted by atomic mass is 16.3. The monoisotopic (exact) mass is 1030 g/mol. The van der Waals surface area contributed by atoms with Crippen LogP contribution in [0.15, 0.2) is 60.8 Å². The standard InChI is InChI=1S/C70H131NO3/c1-3-5-7-9-11-13-15-17-19-21-23-25-27-29-31-33-35-37-39-41-43-45-47-49-51-53-55-57-59-61-63-65-69(73)68(67-72)71-70(74)66-64-62-60-58-56-54-52-50-48-46-44-42-40-38-36-34-32-30-28-26-24-22-20-18-16-14-12-10-8-6-4-2/h16,18,22,24,28,30,55,57,63,65,68-69,72-73H,3-15,17,19-21,23,25-27,29,31-54,56,58-62,64,66-67H2,1-2H3,(H,71,74)/b18-16-,24-22-,30-28-,57-55+,65-63+. The molecule has 0 saturated carbocycles. The lowest BCUT2D eigenvalue weighted by Gasteiger charge is -2.19. The topological polar surface area (TPSA) is 69.6 Å². The van der Waals surface area contributed by atoms with E-state index in [2.05, 4.69) is 67.8 Å². The zero-order valence-electron chi connectivity index (χ0n) is 50.1. The summed E-state index contributed by atoms with van der Waals surface area (Å²) in [6.45, 7) is 4.32. The number of carbonyl (C=O) groups is 1. The van der Waals surface area contributed by atoms with Gasteiger partial charge >= 0.3 is 0 Å². The Bertz CT molecular complexity index is 1220. The van der Waals surface area contributed by atoms with Gasteiger partial charge in [-0.3, -0.25) is 4.79 Å². The summed E-state index contributed by atoms with van der Waals surface area (Å²) < 4.78 is 0. The van der Waals surface area contributed by atoms with Gasteiger partial charge in [0.25, 0.3) is 0 Å². The van der Waals surface area contributed by atoms with Gasteiger partial charge in [0.2, 0.25) is 5.91 Å². The number of aliphatic hydroxyl groups excluding tert-OH is 2. The van der Waals surface area contributed by atoms with Gasteiger partial charge in [0.15, 0.2) is 0 Å². The molecule has 0 fully saturated rings. The normalized spacial score (nSPS) is 13.1. The molecule has 0 rings (SSSR count). The molecule has 4 heteroatoms. The summed E-state index contributed by atoms with van der Waals surface area (Å²) in [7, 11) is 0. The van der Waals surface area contributed by atoms with Crippen LogP contribution in [0.3, 0.4) is 0 Å². The zero-order valence-corrected chi connectivity index (χ0v) is 50.1. The van der Waals surface area contributed by atoms with E-state index in [1.54, 1.807) is 6.08 Å².